The maximum absolute atomic E-state index is 12.8. The molecule has 0 spiro atoms. The molecule has 3 rings (SSSR count). The molecule has 2 aromatic rings. The largest absolute Gasteiger partial charge is 0.484 e. The summed E-state index contributed by atoms with van der Waals surface area (Å²) in [6, 6.07) is 15.6. The molecule has 0 fully saturated rings. The Kier molecular flexibility index (Phi) is 5.87. The van der Waals surface area contributed by atoms with Crippen molar-refractivity contribution in [2.75, 3.05) is 19.7 Å². The number of fused-ring (bicyclic) bond motifs is 1. The first-order chi connectivity index (χ1) is 13.3. The molecular formula is C22H27N3O3. The molecule has 1 aliphatic heterocycles. The monoisotopic (exact) mass is 381 g/mol. The molecule has 2 aromatic carbocycles. The lowest BCUT2D eigenvalue weighted by molar-refractivity contribution is -0.119. The molecule has 0 aromatic heterocycles. The average Bonchev–Trinajstić information content (AvgIpc) is 2.81. The van der Waals surface area contributed by atoms with Crippen molar-refractivity contribution in [1.82, 2.24) is 10.2 Å². The van der Waals surface area contributed by atoms with Gasteiger partial charge in [-0.3, -0.25) is 4.79 Å². The fourth-order valence-corrected chi connectivity index (χ4v) is 3.66. The number of nitrogens with zero attached hydrogens (tertiary/aromatic N) is 1. The number of nitrogens with one attached hydrogen (secondary N) is 1. The summed E-state index contributed by atoms with van der Waals surface area (Å²) in [5.74, 6) is 0.0281. The highest BCUT2D eigenvalue weighted by Gasteiger charge is 2.31. The molecule has 0 saturated carbocycles. The van der Waals surface area contributed by atoms with E-state index in [1.807, 2.05) is 17.0 Å². The summed E-state index contributed by atoms with van der Waals surface area (Å²) in [4.78, 5) is 25.5. The van der Waals surface area contributed by atoms with E-state index in [1.54, 1.807) is 12.1 Å². The van der Waals surface area contributed by atoms with Gasteiger partial charge in [0.2, 0.25) is 0 Å². The number of urea groups is 1. The van der Waals surface area contributed by atoms with Crippen LogP contribution in [0, 0.1) is 0 Å². The van der Waals surface area contributed by atoms with Crippen LogP contribution < -0.4 is 15.8 Å². The van der Waals surface area contributed by atoms with Crippen molar-refractivity contribution >= 4 is 11.9 Å². The molecule has 148 valence electrons. The molecule has 6 nitrogen and oxygen atoms in total. The van der Waals surface area contributed by atoms with E-state index in [9.17, 15) is 9.59 Å². The number of carbonyl (C=O) groups is 2. The van der Waals surface area contributed by atoms with Gasteiger partial charge in [0.15, 0.2) is 6.61 Å². The van der Waals surface area contributed by atoms with E-state index in [0.29, 0.717) is 25.4 Å². The second-order valence-corrected chi connectivity index (χ2v) is 7.77. The van der Waals surface area contributed by atoms with Gasteiger partial charge in [0, 0.05) is 25.0 Å². The molecule has 3 N–H and O–H groups in total. The lowest BCUT2D eigenvalue weighted by atomic mass is 9.82. The molecule has 0 saturated heterocycles. The van der Waals surface area contributed by atoms with Crippen molar-refractivity contribution in [2.24, 2.45) is 5.73 Å². The zero-order valence-electron chi connectivity index (χ0n) is 16.4. The third-order valence-electron chi connectivity index (χ3n) is 4.99. The molecule has 28 heavy (non-hydrogen) atoms. The van der Waals surface area contributed by atoms with Crippen LogP contribution in [0.1, 0.15) is 30.5 Å². The number of rotatable bonds is 5. The topological polar surface area (TPSA) is 84.7 Å². The number of primary amides is 1. The van der Waals surface area contributed by atoms with Crippen LogP contribution in [0.2, 0.25) is 0 Å². The van der Waals surface area contributed by atoms with E-state index < -0.39 is 5.91 Å². The van der Waals surface area contributed by atoms with E-state index in [2.05, 4.69) is 43.4 Å². The van der Waals surface area contributed by atoms with Gasteiger partial charge in [0.05, 0.1) is 0 Å². The van der Waals surface area contributed by atoms with E-state index in [4.69, 9.17) is 10.5 Å². The van der Waals surface area contributed by atoms with Crippen molar-refractivity contribution < 1.29 is 14.3 Å². The molecule has 3 amide bonds. The maximum Gasteiger partial charge on any atom is 0.317 e. The predicted octanol–water partition coefficient (Wildman–Crippen LogP) is 2.60. The van der Waals surface area contributed by atoms with E-state index >= 15 is 0 Å². The van der Waals surface area contributed by atoms with Crippen LogP contribution in [0.3, 0.4) is 0 Å². The Morgan fingerprint density at radius 1 is 1.18 bits per heavy atom. The fraction of sp³-hybridized carbons (Fsp3) is 0.364. The highest BCUT2D eigenvalue weighted by molar-refractivity contribution is 5.75. The molecule has 1 heterocycles. The highest BCUT2D eigenvalue weighted by Crippen LogP contribution is 2.30. The second kappa shape index (κ2) is 8.33. The predicted molar refractivity (Wildman–Crippen MR) is 108 cm³/mol. The standard InChI is InChI=1S/C22H27N3O3/c1-22(2)15-25(11-10-17-7-3-4-9-19(17)22)21(27)24-13-16-6-5-8-18(12-16)28-14-20(23)26/h3-9,12H,10-11,13-15H2,1-2H3,(H2,23,26)(H,24,27). The summed E-state index contributed by atoms with van der Waals surface area (Å²) in [6.45, 7) is 5.93. The lowest BCUT2D eigenvalue weighted by Gasteiger charge is -2.31. The zero-order chi connectivity index (χ0) is 20.1. The quantitative estimate of drug-likeness (QED) is 0.835. The number of hydrogen-bond acceptors (Lipinski definition) is 3. The Bertz CT molecular complexity index is 864. The third kappa shape index (κ3) is 4.82. The zero-order valence-corrected chi connectivity index (χ0v) is 16.4. The van der Waals surface area contributed by atoms with Gasteiger partial charge in [0.1, 0.15) is 5.75 Å². The lowest BCUT2D eigenvalue weighted by Crippen LogP contribution is -2.45. The summed E-state index contributed by atoms with van der Waals surface area (Å²) >= 11 is 0. The Labute approximate surface area is 165 Å². The van der Waals surface area contributed by atoms with Crippen molar-refractivity contribution in [3.05, 3.63) is 65.2 Å². The first kappa shape index (κ1) is 19.7. The number of benzene rings is 2. The van der Waals surface area contributed by atoms with Crippen LogP contribution in [0.5, 0.6) is 5.75 Å². The Morgan fingerprint density at radius 3 is 2.75 bits per heavy atom. The summed E-state index contributed by atoms with van der Waals surface area (Å²) in [5.41, 5.74) is 8.51. The first-order valence-electron chi connectivity index (χ1n) is 9.46. The number of hydrogen-bond donors (Lipinski definition) is 2. The van der Waals surface area contributed by atoms with E-state index in [1.165, 1.54) is 11.1 Å². The molecule has 0 radical (unpaired) electrons. The second-order valence-electron chi connectivity index (χ2n) is 7.77. The van der Waals surface area contributed by atoms with E-state index in [-0.39, 0.29) is 18.1 Å². The van der Waals surface area contributed by atoms with Gasteiger partial charge < -0.3 is 20.7 Å². The van der Waals surface area contributed by atoms with Crippen molar-refractivity contribution in [2.45, 2.75) is 32.2 Å². The number of carbonyl (C=O) groups excluding carboxylic acids is 2. The fourth-order valence-electron chi connectivity index (χ4n) is 3.66. The van der Waals surface area contributed by atoms with Crippen LogP contribution in [0.25, 0.3) is 0 Å². The van der Waals surface area contributed by atoms with Gasteiger partial charge >= 0.3 is 6.03 Å². The Balaban J connectivity index is 1.61. The van der Waals surface area contributed by atoms with E-state index in [0.717, 1.165) is 12.0 Å². The van der Waals surface area contributed by atoms with Gasteiger partial charge in [0.25, 0.3) is 5.91 Å². The molecule has 0 unspecified atom stereocenters. The Morgan fingerprint density at radius 2 is 1.96 bits per heavy atom. The molecule has 0 bridgehead atoms. The van der Waals surface area contributed by atoms with Gasteiger partial charge in [-0.15, -0.1) is 0 Å². The first-order valence-corrected chi connectivity index (χ1v) is 9.46. The average molecular weight is 381 g/mol. The number of amides is 3. The van der Waals surface area contributed by atoms with Gasteiger partial charge in [-0.05, 0) is 35.2 Å². The van der Waals surface area contributed by atoms with Crippen molar-refractivity contribution in [1.29, 1.82) is 0 Å². The minimum atomic E-state index is -0.525. The highest BCUT2D eigenvalue weighted by atomic mass is 16.5. The van der Waals surface area contributed by atoms with Crippen LogP contribution >= 0.6 is 0 Å². The summed E-state index contributed by atoms with van der Waals surface area (Å²) in [5, 5.41) is 2.99. The molecule has 1 aliphatic rings. The van der Waals surface area contributed by atoms with Crippen molar-refractivity contribution in [3.63, 3.8) is 0 Å². The van der Waals surface area contributed by atoms with Gasteiger partial charge in [-0.1, -0.05) is 50.2 Å². The number of nitrogens with two attached hydrogens (primary N) is 1. The third-order valence-corrected chi connectivity index (χ3v) is 4.99. The summed E-state index contributed by atoms with van der Waals surface area (Å²) < 4.78 is 5.31. The number of ether oxygens (including phenoxy) is 1. The Hall–Kier alpha value is -3.02. The molecular weight excluding hydrogens is 354 g/mol. The van der Waals surface area contributed by atoms with Crippen LogP contribution in [-0.4, -0.2) is 36.5 Å². The minimum Gasteiger partial charge on any atom is -0.484 e. The van der Waals surface area contributed by atoms with Crippen LogP contribution in [0.4, 0.5) is 4.79 Å². The van der Waals surface area contributed by atoms with Crippen molar-refractivity contribution in [3.8, 4) is 5.75 Å². The molecule has 0 atom stereocenters. The van der Waals surface area contributed by atoms with Gasteiger partial charge in [-0.2, -0.15) is 0 Å². The maximum atomic E-state index is 12.8. The normalized spacial score (nSPS) is 15.3. The summed E-state index contributed by atoms with van der Waals surface area (Å²) in [6.07, 6.45) is 0.851. The smallest absolute Gasteiger partial charge is 0.317 e. The van der Waals surface area contributed by atoms with Gasteiger partial charge in [-0.25, -0.2) is 4.79 Å². The SMILES string of the molecule is CC1(C)CN(C(=O)NCc2cccc(OCC(N)=O)c2)CCc2ccccc21. The molecule has 6 heteroatoms. The van der Waals surface area contributed by atoms with Crippen LogP contribution in [0.15, 0.2) is 48.5 Å². The minimum absolute atomic E-state index is 0.0793. The molecule has 0 aliphatic carbocycles. The summed E-state index contributed by atoms with van der Waals surface area (Å²) in [7, 11) is 0. The van der Waals surface area contributed by atoms with Crippen LogP contribution in [-0.2, 0) is 23.2 Å².